The molecule has 0 amide bonds. The predicted molar refractivity (Wildman–Crippen MR) is 142 cm³/mol. The number of aliphatic hydroxyl groups excluding tert-OH is 1. The maximum Gasteiger partial charge on any atom is 0.142 e. The summed E-state index contributed by atoms with van der Waals surface area (Å²) in [7, 11) is 0. The topological polar surface area (TPSA) is 50.7 Å². The Hall–Kier alpha value is -2.05. The molecule has 1 fully saturated rings. The Labute approximate surface area is 215 Å². The molecule has 0 bridgehead atoms. The summed E-state index contributed by atoms with van der Waals surface area (Å²) in [4.78, 5) is 0. The number of halogens is 2. The Morgan fingerprint density at radius 2 is 1.76 bits per heavy atom. The zero-order valence-electron chi connectivity index (χ0n) is 19.6. The van der Waals surface area contributed by atoms with Crippen molar-refractivity contribution in [2.75, 3.05) is 6.61 Å². The molecule has 34 heavy (non-hydrogen) atoms. The molecule has 1 aliphatic carbocycles. The van der Waals surface area contributed by atoms with Gasteiger partial charge in [-0.2, -0.15) is 0 Å². The molecule has 3 aromatic rings. The van der Waals surface area contributed by atoms with Crippen molar-refractivity contribution in [3.63, 3.8) is 0 Å². The van der Waals surface area contributed by atoms with Crippen molar-refractivity contribution in [1.82, 2.24) is 5.32 Å². The first-order chi connectivity index (χ1) is 16.4. The average molecular weight is 545 g/mol. The summed E-state index contributed by atoms with van der Waals surface area (Å²) >= 11 is 10.4. The molecule has 0 aliphatic heterocycles. The van der Waals surface area contributed by atoms with Crippen molar-refractivity contribution < 1.29 is 14.6 Å². The number of hydrogen-bond donors (Lipinski definition) is 2. The van der Waals surface area contributed by atoms with Crippen molar-refractivity contribution in [2.45, 2.75) is 52.0 Å². The Bertz CT molecular complexity index is 1100. The first kappa shape index (κ1) is 25.1. The van der Waals surface area contributed by atoms with Crippen LogP contribution in [0.1, 0.15) is 37.8 Å². The molecular weight excluding hydrogens is 514 g/mol. The van der Waals surface area contributed by atoms with Crippen LogP contribution in [0.15, 0.2) is 65.1 Å². The number of hydrogen-bond acceptors (Lipinski definition) is 4. The molecule has 180 valence electrons. The van der Waals surface area contributed by atoms with Gasteiger partial charge < -0.3 is 19.9 Å². The molecule has 0 radical (unpaired) electrons. The van der Waals surface area contributed by atoms with Crippen LogP contribution < -0.4 is 14.8 Å². The highest BCUT2D eigenvalue weighted by molar-refractivity contribution is 9.10. The summed E-state index contributed by atoms with van der Waals surface area (Å²) in [5, 5.41) is 13.7. The van der Waals surface area contributed by atoms with E-state index < -0.39 is 6.10 Å². The Morgan fingerprint density at radius 1 is 1.00 bits per heavy atom. The summed E-state index contributed by atoms with van der Waals surface area (Å²) in [5.74, 6) is 2.00. The number of aliphatic hydroxyl groups is 1. The van der Waals surface area contributed by atoms with Gasteiger partial charge in [0.05, 0.1) is 17.7 Å². The zero-order valence-corrected chi connectivity index (χ0v) is 21.9. The Kier molecular flexibility index (Phi) is 8.54. The van der Waals surface area contributed by atoms with Gasteiger partial charge in [-0.15, -0.1) is 0 Å². The maximum atomic E-state index is 9.80. The molecule has 2 N–H and O–H groups in total. The zero-order chi connectivity index (χ0) is 24.1. The van der Waals surface area contributed by atoms with Crippen LogP contribution >= 0.6 is 27.5 Å². The molecule has 0 heterocycles. The van der Waals surface area contributed by atoms with E-state index in [1.807, 2.05) is 49.4 Å². The second kappa shape index (κ2) is 11.6. The summed E-state index contributed by atoms with van der Waals surface area (Å²) < 4.78 is 13.3. The summed E-state index contributed by atoms with van der Waals surface area (Å²) in [6.45, 7) is 5.36. The van der Waals surface area contributed by atoms with Crippen LogP contribution in [-0.2, 0) is 13.2 Å². The summed E-state index contributed by atoms with van der Waals surface area (Å²) in [6, 6.07) is 20.2. The molecule has 0 aromatic heterocycles. The monoisotopic (exact) mass is 543 g/mol. The number of benzene rings is 3. The second-order valence-corrected chi connectivity index (χ2v) is 10.2. The average Bonchev–Trinajstić information content (AvgIpc) is 3.67. The van der Waals surface area contributed by atoms with Crippen molar-refractivity contribution in [2.24, 2.45) is 5.92 Å². The highest BCUT2D eigenvalue weighted by Gasteiger charge is 2.23. The van der Waals surface area contributed by atoms with Gasteiger partial charge in [0.2, 0.25) is 0 Å². The van der Waals surface area contributed by atoms with Crippen molar-refractivity contribution >= 4 is 27.5 Å². The predicted octanol–water partition coefficient (Wildman–Crippen LogP) is 7.00. The summed E-state index contributed by atoms with van der Waals surface area (Å²) in [6.07, 6.45) is 1.99. The second-order valence-electron chi connectivity index (χ2n) is 8.99. The van der Waals surface area contributed by atoms with Crippen molar-refractivity contribution in [1.29, 1.82) is 0 Å². The van der Waals surface area contributed by atoms with Crippen LogP contribution in [0, 0.1) is 5.92 Å². The van der Waals surface area contributed by atoms with Gasteiger partial charge in [0, 0.05) is 34.3 Å². The molecule has 6 heteroatoms. The molecular formula is C28H31BrClNO3. The third-order valence-corrected chi connectivity index (χ3v) is 7.40. The number of nitrogens with one attached hydrogen (secondary N) is 1. The molecule has 0 unspecified atom stereocenters. The maximum absolute atomic E-state index is 9.80. The fourth-order valence-electron chi connectivity index (χ4n) is 3.58. The minimum Gasteiger partial charge on any atom is -0.493 e. The van der Waals surface area contributed by atoms with Gasteiger partial charge in [0.25, 0.3) is 0 Å². The molecule has 3 aromatic carbocycles. The normalized spacial score (nSPS) is 15.1. The van der Waals surface area contributed by atoms with Crippen LogP contribution in [0.5, 0.6) is 11.5 Å². The lowest BCUT2D eigenvalue weighted by Gasteiger charge is -2.20. The van der Waals surface area contributed by atoms with Crippen molar-refractivity contribution in [3.05, 3.63) is 81.3 Å². The van der Waals surface area contributed by atoms with E-state index in [1.54, 1.807) is 6.92 Å². The Morgan fingerprint density at radius 3 is 2.47 bits per heavy atom. The first-order valence-electron chi connectivity index (χ1n) is 11.7. The quantitative estimate of drug-likeness (QED) is 0.273. The van der Waals surface area contributed by atoms with Crippen molar-refractivity contribution in [3.8, 4) is 22.6 Å². The van der Waals surface area contributed by atoms with Crippen LogP contribution in [0.4, 0.5) is 0 Å². The molecule has 0 spiro atoms. The van der Waals surface area contributed by atoms with Gasteiger partial charge in [-0.3, -0.25) is 0 Å². The number of rotatable bonds is 11. The van der Waals surface area contributed by atoms with Gasteiger partial charge in [-0.25, -0.2) is 0 Å². The summed E-state index contributed by atoms with van der Waals surface area (Å²) in [5.41, 5.74) is 4.26. The van der Waals surface area contributed by atoms with Gasteiger partial charge in [-0.1, -0.05) is 60.1 Å². The molecule has 4 nitrogen and oxygen atoms in total. The molecule has 0 saturated heterocycles. The molecule has 2 atom stereocenters. The van der Waals surface area contributed by atoms with Gasteiger partial charge in [-0.05, 0) is 65.7 Å². The lowest BCUT2D eigenvalue weighted by molar-refractivity contribution is 0.152. The molecule has 1 aliphatic rings. The lowest BCUT2D eigenvalue weighted by atomic mass is 10.0. The molecule has 4 rings (SSSR count). The van der Waals surface area contributed by atoms with Crippen LogP contribution in [0.3, 0.4) is 0 Å². The van der Waals surface area contributed by atoms with Crippen LogP contribution in [0.2, 0.25) is 5.02 Å². The van der Waals surface area contributed by atoms with E-state index in [9.17, 15) is 5.11 Å². The first-order valence-corrected chi connectivity index (χ1v) is 12.9. The van der Waals surface area contributed by atoms with E-state index in [0.717, 1.165) is 32.5 Å². The van der Waals surface area contributed by atoms with E-state index in [1.165, 1.54) is 12.8 Å². The largest absolute Gasteiger partial charge is 0.493 e. The minimum absolute atomic E-state index is 0.0415. The minimum atomic E-state index is -0.445. The van der Waals surface area contributed by atoms with E-state index in [4.69, 9.17) is 21.1 Å². The van der Waals surface area contributed by atoms with Gasteiger partial charge in [0.15, 0.2) is 0 Å². The smallest absolute Gasteiger partial charge is 0.142 e. The van der Waals surface area contributed by atoms with E-state index in [2.05, 4.69) is 39.4 Å². The Balaban J connectivity index is 1.52. The van der Waals surface area contributed by atoms with E-state index >= 15 is 0 Å². The molecule has 1 saturated carbocycles. The fourth-order valence-corrected chi connectivity index (χ4v) is 4.43. The third-order valence-electron chi connectivity index (χ3n) is 6.17. The van der Waals surface area contributed by atoms with E-state index in [0.29, 0.717) is 36.4 Å². The van der Waals surface area contributed by atoms with Gasteiger partial charge in [0.1, 0.15) is 18.1 Å². The van der Waals surface area contributed by atoms with Gasteiger partial charge >= 0.3 is 0 Å². The lowest BCUT2D eigenvalue weighted by Crippen LogP contribution is -2.35. The van der Waals surface area contributed by atoms with E-state index in [-0.39, 0.29) is 6.04 Å². The van der Waals surface area contributed by atoms with Crippen LogP contribution in [0.25, 0.3) is 11.1 Å². The highest BCUT2D eigenvalue weighted by atomic mass is 79.9. The fraction of sp³-hybridized carbons (Fsp3) is 0.357. The highest BCUT2D eigenvalue weighted by Crippen LogP contribution is 2.37. The number of ether oxygens (including phenoxy) is 2. The SMILES string of the molecule is C[C@@H](O)[C@@H](C)NCc1cc(Cl)c(OCc2cccc(-c3ccccc3)c2Br)cc1OCC1CC1. The van der Waals surface area contributed by atoms with Crippen LogP contribution in [-0.4, -0.2) is 23.9 Å². The third kappa shape index (κ3) is 6.54. The standard InChI is InChI=1S/C28H31BrClNO3/c1-18(19(2)32)31-15-23-13-25(30)27(14-26(23)33-16-20-11-12-20)34-17-22-9-6-10-24(28(22)29)21-7-4-3-5-8-21/h3-10,13-14,18-20,31-32H,11-12,15-17H2,1-2H3/t18-,19-/m1/s1.